The normalized spacial score (nSPS) is 19.6. The van der Waals surface area contributed by atoms with Crippen LogP contribution in [-0.2, 0) is 0 Å². The Bertz CT molecular complexity index is 956. The Kier molecular flexibility index (Phi) is 5.50. The van der Waals surface area contributed by atoms with Gasteiger partial charge in [-0.3, -0.25) is 9.69 Å². The largest absolute Gasteiger partial charge is 0.371 e. The molecule has 4 nitrogen and oxygen atoms in total. The zero-order valence-electron chi connectivity index (χ0n) is 17.9. The van der Waals surface area contributed by atoms with Crippen LogP contribution in [0.5, 0.6) is 0 Å². The Morgan fingerprint density at radius 1 is 0.867 bits per heavy atom. The highest BCUT2D eigenvalue weighted by Crippen LogP contribution is 2.37. The van der Waals surface area contributed by atoms with E-state index in [0.29, 0.717) is 0 Å². The smallest absolute Gasteiger partial charge is 0.0940 e. The van der Waals surface area contributed by atoms with Crippen molar-refractivity contribution in [2.24, 2.45) is 5.92 Å². The summed E-state index contributed by atoms with van der Waals surface area (Å²) < 4.78 is 2.36. The number of piperidine rings is 1. The minimum atomic E-state index is 0.135. The van der Waals surface area contributed by atoms with E-state index >= 15 is 0 Å². The Morgan fingerprint density at radius 2 is 1.63 bits per heavy atom. The van der Waals surface area contributed by atoms with Crippen LogP contribution in [0.15, 0.2) is 72.9 Å². The number of likely N-dealkylation sites (tertiary alicyclic amines) is 1. The van der Waals surface area contributed by atoms with Crippen LogP contribution < -0.4 is 10.3 Å². The summed E-state index contributed by atoms with van der Waals surface area (Å²) in [6.45, 7) is 7.08. The van der Waals surface area contributed by atoms with Crippen LogP contribution in [0.1, 0.15) is 43.5 Å². The second-order valence-corrected chi connectivity index (χ2v) is 8.78. The first-order valence-electron chi connectivity index (χ1n) is 11.4. The van der Waals surface area contributed by atoms with Gasteiger partial charge in [0, 0.05) is 12.7 Å². The summed E-state index contributed by atoms with van der Waals surface area (Å²) in [6.07, 6.45) is 6.06. The van der Waals surface area contributed by atoms with Crippen molar-refractivity contribution in [1.82, 2.24) is 9.58 Å². The van der Waals surface area contributed by atoms with Crippen molar-refractivity contribution in [1.29, 1.82) is 0 Å². The molecule has 0 spiro atoms. The molecule has 0 saturated carbocycles. The number of aromatic nitrogens is 1. The van der Waals surface area contributed by atoms with E-state index in [-0.39, 0.29) is 6.04 Å². The van der Waals surface area contributed by atoms with E-state index in [4.69, 9.17) is 0 Å². The van der Waals surface area contributed by atoms with Gasteiger partial charge >= 0.3 is 0 Å². The average Bonchev–Trinajstić information content (AvgIpc) is 3.22. The van der Waals surface area contributed by atoms with E-state index in [1.807, 2.05) is 0 Å². The van der Waals surface area contributed by atoms with Crippen LogP contribution >= 0.6 is 0 Å². The predicted molar refractivity (Wildman–Crippen MR) is 125 cm³/mol. The molecule has 1 aromatic heterocycles. The number of nitrogens with one attached hydrogen (secondary N) is 1. The van der Waals surface area contributed by atoms with E-state index in [9.17, 15) is 0 Å². The first-order chi connectivity index (χ1) is 14.8. The molecule has 1 fully saturated rings. The van der Waals surface area contributed by atoms with Crippen molar-refractivity contribution < 1.29 is 0 Å². The van der Waals surface area contributed by atoms with Gasteiger partial charge in [-0.1, -0.05) is 49.4 Å². The highest BCUT2D eigenvalue weighted by molar-refractivity contribution is 5.72. The van der Waals surface area contributed by atoms with Crippen molar-refractivity contribution in [3.8, 4) is 0 Å². The van der Waals surface area contributed by atoms with Crippen LogP contribution in [0.4, 0.5) is 11.4 Å². The van der Waals surface area contributed by atoms with Gasteiger partial charge in [-0.15, -0.1) is 0 Å². The van der Waals surface area contributed by atoms with Crippen LogP contribution in [0.2, 0.25) is 0 Å². The fourth-order valence-electron chi connectivity index (χ4n) is 4.86. The molecule has 5 rings (SSSR count). The molecule has 0 aliphatic carbocycles. The maximum Gasteiger partial charge on any atom is 0.0940 e. The average molecular weight is 401 g/mol. The summed E-state index contributed by atoms with van der Waals surface area (Å²) >= 11 is 0. The van der Waals surface area contributed by atoms with Gasteiger partial charge in [0.1, 0.15) is 0 Å². The fourth-order valence-corrected chi connectivity index (χ4v) is 4.86. The van der Waals surface area contributed by atoms with Gasteiger partial charge in [-0.25, -0.2) is 0 Å². The lowest BCUT2D eigenvalue weighted by Crippen LogP contribution is -2.37. The summed E-state index contributed by atoms with van der Waals surface area (Å²) in [5.74, 6) is 0.891. The third-order valence-electron chi connectivity index (χ3n) is 6.65. The van der Waals surface area contributed by atoms with Gasteiger partial charge in [-0.05, 0) is 74.6 Å². The molecule has 1 saturated heterocycles. The Morgan fingerprint density at radius 3 is 2.47 bits per heavy atom. The van der Waals surface area contributed by atoms with E-state index in [2.05, 4.69) is 99.8 Å². The van der Waals surface area contributed by atoms with Gasteiger partial charge < -0.3 is 10.2 Å². The second kappa shape index (κ2) is 8.57. The molecule has 156 valence electrons. The van der Waals surface area contributed by atoms with Crippen LogP contribution in [0.3, 0.4) is 0 Å². The molecule has 0 radical (unpaired) electrons. The van der Waals surface area contributed by atoms with Crippen molar-refractivity contribution in [3.05, 3.63) is 84.2 Å². The number of rotatable bonds is 5. The van der Waals surface area contributed by atoms with Crippen molar-refractivity contribution in [2.75, 3.05) is 36.5 Å². The van der Waals surface area contributed by atoms with Gasteiger partial charge in [-0.2, -0.15) is 0 Å². The molecule has 4 heteroatoms. The van der Waals surface area contributed by atoms with Crippen molar-refractivity contribution >= 4 is 11.4 Å². The topological polar surface area (TPSA) is 23.4 Å². The van der Waals surface area contributed by atoms with E-state index < -0.39 is 0 Å². The van der Waals surface area contributed by atoms with Crippen LogP contribution in [0, 0.1) is 5.92 Å². The van der Waals surface area contributed by atoms with Gasteiger partial charge in [0.25, 0.3) is 0 Å². The zero-order chi connectivity index (χ0) is 20.3. The van der Waals surface area contributed by atoms with Gasteiger partial charge in [0.2, 0.25) is 0 Å². The lowest BCUT2D eigenvalue weighted by Gasteiger charge is -2.32. The summed E-state index contributed by atoms with van der Waals surface area (Å²) in [6, 6.07) is 24.0. The van der Waals surface area contributed by atoms with E-state index in [0.717, 1.165) is 18.9 Å². The molecule has 30 heavy (non-hydrogen) atoms. The second-order valence-electron chi connectivity index (χ2n) is 8.78. The SMILES string of the molecule is CC1CCN(CCCN2c3ccccc3NC(c3ccccc3)c3cccn32)CC1. The van der Waals surface area contributed by atoms with Gasteiger partial charge in [0.05, 0.1) is 23.1 Å². The Balaban J connectivity index is 1.41. The quantitative estimate of drug-likeness (QED) is 0.621. The number of hydrogen-bond acceptors (Lipinski definition) is 3. The molecular weight excluding hydrogens is 368 g/mol. The maximum atomic E-state index is 3.82. The lowest BCUT2D eigenvalue weighted by molar-refractivity contribution is 0.191. The molecule has 2 aromatic carbocycles. The molecule has 3 heterocycles. The first kappa shape index (κ1) is 19.3. The number of anilines is 2. The number of benzene rings is 2. The summed E-state index contributed by atoms with van der Waals surface area (Å²) in [5, 5.41) is 6.27. The summed E-state index contributed by atoms with van der Waals surface area (Å²) in [4.78, 5) is 2.64. The molecule has 2 aliphatic rings. The number of hydrogen-bond donors (Lipinski definition) is 1. The van der Waals surface area contributed by atoms with Crippen molar-refractivity contribution in [2.45, 2.75) is 32.2 Å². The number of para-hydroxylation sites is 2. The summed E-state index contributed by atoms with van der Waals surface area (Å²) in [5.41, 5.74) is 5.02. The third kappa shape index (κ3) is 3.84. The monoisotopic (exact) mass is 400 g/mol. The highest BCUT2D eigenvalue weighted by atomic mass is 15.6. The first-order valence-corrected chi connectivity index (χ1v) is 11.4. The minimum Gasteiger partial charge on any atom is -0.371 e. The number of fused-ring (bicyclic) bond motifs is 2. The standard InChI is InChI=1S/C26H32N4/c1-21-14-19-28(20-15-21)16-8-18-29-24-12-6-5-11-23(24)27-26(22-9-3-2-4-10-22)25-13-7-17-30(25)29/h2-7,9-13,17,21,26-27H,8,14-16,18-20H2,1H3. The molecule has 0 bridgehead atoms. The Hall–Kier alpha value is -2.72. The third-order valence-corrected chi connectivity index (χ3v) is 6.65. The molecular formula is C26H32N4. The Labute approximate surface area is 180 Å². The predicted octanol–water partition coefficient (Wildman–Crippen LogP) is 5.39. The summed E-state index contributed by atoms with van der Waals surface area (Å²) in [7, 11) is 0. The molecule has 0 amide bonds. The molecule has 1 unspecified atom stereocenters. The zero-order valence-corrected chi connectivity index (χ0v) is 17.9. The molecule has 2 aliphatic heterocycles. The molecule has 1 N–H and O–H groups in total. The van der Waals surface area contributed by atoms with E-state index in [1.54, 1.807) is 0 Å². The maximum absolute atomic E-state index is 3.82. The lowest BCUT2D eigenvalue weighted by atomic mass is 9.99. The molecule has 1 atom stereocenters. The van der Waals surface area contributed by atoms with E-state index in [1.165, 1.54) is 55.1 Å². The number of nitrogens with zero attached hydrogens (tertiary/aromatic N) is 3. The fraction of sp³-hybridized carbons (Fsp3) is 0.385. The van der Waals surface area contributed by atoms with Crippen LogP contribution in [0.25, 0.3) is 0 Å². The van der Waals surface area contributed by atoms with Crippen LogP contribution in [-0.4, -0.2) is 35.8 Å². The highest BCUT2D eigenvalue weighted by Gasteiger charge is 2.26. The molecule has 3 aromatic rings. The minimum absolute atomic E-state index is 0.135. The van der Waals surface area contributed by atoms with Gasteiger partial charge in [0.15, 0.2) is 0 Å². The van der Waals surface area contributed by atoms with Crippen molar-refractivity contribution in [3.63, 3.8) is 0 Å².